The molecule has 0 saturated carbocycles. The van der Waals surface area contributed by atoms with Crippen LogP contribution in [0, 0.1) is 0 Å². The molecule has 0 atom stereocenters. The molecule has 3 rings (SSSR count). The van der Waals surface area contributed by atoms with Crippen molar-refractivity contribution in [2.75, 3.05) is 19.1 Å². The Balaban J connectivity index is 2.01. The number of fused-ring (bicyclic) bond motifs is 1. The standard InChI is InChI=1S/C21H21F4N3O2/c1-30-17-10-6-8-15-18(17)28(12-5-4-11-22)27-20(19(15)29)26-13-14-7-2-3-9-16(14)21(23,24)25/h2-3,6-10H,4-5,11-13H2,1H3,(H,26,27). The average Bonchev–Trinajstić information content (AvgIpc) is 2.73. The number of aromatic nitrogens is 2. The maximum Gasteiger partial charge on any atom is 0.416 e. The molecular formula is C21H21F4N3O2. The number of hydrogen-bond donors (Lipinski definition) is 1. The van der Waals surface area contributed by atoms with Gasteiger partial charge in [0.1, 0.15) is 11.3 Å². The predicted molar refractivity (Wildman–Crippen MR) is 107 cm³/mol. The number of rotatable bonds is 8. The third-order valence-electron chi connectivity index (χ3n) is 4.68. The highest BCUT2D eigenvalue weighted by Gasteiger charge is 2.32. The Bertz CT molecular complexity index is 1080. The molecule has 5 nitrogen and oxygen atoms in total. The van der Waals surface area contributed by atoms with Crippen molar-refractivity contribution in [3.8, 4) is 5.75 Å². The van der Waals surface area contributed by atoms with Crippen LogP contribution in [0.1, 0.15) is 24.0 Å². The van der Waals surface area contributed by atoms with E-state index in [4.69, 9.17) is 4.74 Å². The molecular weight excluding hydrogens is 402 g/mol. The first-order valence-electron chi connectivity index (χ1n) is 9.39. The number of unbranched alkanes of at least 4 members (excludes halogenated alkanes) is 1. The average molecular weight is 423 g/mol. The fourth-order valence-corrected chi connectivity index (χ4v) is 3.24. The van der Waals surface area contributed by atoms with E-state index < -0.39 is 23.8 Å². The lowest BCUT2D eigenvalue weighted by atomic mass is 10.1. The molecule has 160 valence electrons. The molecule has 0 bridgehead atoms. The van der Waals surface area contributed by atoms with Gasteiger partial charge < -0.3 is 10.1 Å². The van der Waals surface area contributed by atoms with Crippen LogP contribution in [0.3, 0.4) is 0 Å². The number of anilines is 1. The molecule has 1 N–H and O–H groups in total. The molecule has 9 heteroatoms. The lowest BCUT2D eigenvalue weighted by Gasteiger charge is -2.16. The van der Waals surface area contributed by atoms with E-state index in [-0.39, 0.29) is 17.9 Å². The summed E-state index contributed by atoms with van der Waals surface area (Å²) >= 11 is 0. The maximum atomic E-state index is 13.2. The molecule has 0 spiro atoms. The van der Waals surface area contributed by atoms with Crippen molar-refractivity contribution in [1.29, 1.82) is 0 Å². The van der Waals surface area contributed by atoms with Crippen LogP contribution in [0.5, 0.6) is 5.75 Å². The number of ether oxygens (including phenoxy) is 1. The topological polar surface area (TPSA) is 56.1 Å². The van der Waals surface area contributed by atoms with E-state index in [9.17, 15) is 22.4 Å². The number of benzene rings is 2. The van der Waals surface area contributed by atoms with E-state index in [2.05, 4.69) is 10.4 Å². The van der Waals surface area contributed by atoms with Gasteiger partial charge in [0.15, 0.2) is 5.82 Å². The van der Waals surface area contributed by atoms with Crippen LogP contribution >= 0.6 is 0 Å². The number of methoxy groups -OCH3 is 1. The number of nitrogens with one attached hydrogen (secondary N) is 1. The Morgan fingerprint density at radius 3 is 2.57 bits per heavy atom. The van der Waals surface area contributed by atoms with Crippen molar-refractivity contribution in [2.45, 2.75) is 32.1 Å². The van der Waals surface area contributed by atoms with Crippen LogP contribution in [0.2, 0.25) is 0 Å². The summed E-state index contributed by atoms with van der Waals surface area (Å²) in [6.07, 6.45) is -3.70. The van der Waals surface area contributed by atoms with Crippen molar-refractivity contribution in [3.63, 3.8) is 0 Å². The smallest absolute Gasteiger partial charge is 0.416 e. The summed E-state index contributed by atoms with van der Waals surface area (Å²) in [7, 11) is 1.46. The van der Waals surface area contributed by atoms with E-state index in [1.165, 1.54) is 30.0 Å². The van der Waals surface area contributed by atoms with Gasteiger partial charge in [-0.1, -0.05) is 24.3 Å². The highest BCUT2D eigenvalue weighted by molar-refractivity contribution is 5.86. The highest BCUT2D eigenvalue weighted by Crippen LogP contribution is 2.32. The third-order valence-corrected chi connectivity index (χ3v) is 4.68. The summed E-state index contributed by atoms with van der Waals surface area (Å²) in [4.78, 5) is 12.9. The van der Waals surface area contributed by atoms with Gasteiger partial charge >= 0.3 is 6.18 Å². The minimum atomic E-state index is -4.50. The van der Waals surface area contributed by atoms with Crippen LogP contribution in [0.4, 0.5) is 23.4 Å². The lowest BCUT2D eigenvalue weighted by molar-refractivity contribution is -0.138. The quantitative estimate of drug-likeness (QED) is 0.418. The molecule has 0 aliphatic rings. The Hall–Kier alpha value is -3.10. The number of hydrogen-bond acceptors (Lipinski definition) is 4. The summed E-state index contributed by atoms with van der Waals surface area (Å²) in [5.74, 6) is 0.360. The number of para-hydroxylation sites is 1. The second-order valence-corrected chi connectivity index (χ2v) is 6.66. The molecule has 0 aliphatic heterocycles. The van der Waals surface area contributed by atoms with Crippen LogP contribution in [-0.2, 0) is 19.3 Å². The minimum Gasteiger partial charge on any atom is -0.494 e. The zero-order chi connectivity index (χ0) is 21.7. The van der Waals surface area contributed by atoms with Crippen LogP contribution in [0.25, 0.3) is 10.9 Å². The molecule has 0 amide bonds. The first kappa shape index (κ1) is 21.6. The molecule has 0 fully saturated rings. The SMILES string of the molecule is COc1cccc2c(=O)c(NCc3ccccc3C(F)(F)F)nn(CCCCF)c12. The molecule has 3 aromatic rings. The second kappa shape index (κ2) is 9.15. The van der Waals surface area contributed by atoms with E-state index in [0.29, 0.717) is 36.0 Å². The van der Waals surface area contributed by atoms with E-state index in [1.807, 2.05) is 0 Å². The van der Waals surface area contributed by atoms with Crippen LogP contribution in [-0.4, -0.2) is 23.6 Å². The van der Waals surface area contributed by atoms with Crippen molar-refractivity contribution in [2.24, 2.45) is 0 Å². The summed E-state index contributed by atoms with van der Waals surface area (Å²) in [5, 5.41) is 7.36. The normalized spacial score (nSPS) is 11.6. The molecule has 1 aromatic heterocycles. The van der Waals surface area contributed by atoms with Crippen molar-refractivity contribution >= 4 is 16.7 Å². The number of nitrogens with zero attached hydrogens (tertiary/aromatic N) is 2. The summed E-state index contributed by atoms with van der Waals surface area (Å²) < 4.78 is 59.1. The van der Waals surface area contributed by atoms with Gasteiger partial charge in [-0.25, -0.2) is 0 Å². The summed E-state index contributed by atoms with van der Waals surface area (Å²) in [6, 6.07) is 10.1. The summed E-state index contributed by atoms with van der Waals surface area (Å²) in [5.41, 5.74) is -0.760. The van der Waals surface area contributed by atoms with E-state index in [0.717, 1.165) is 6.07 Å². The molecule has 1 heterocycles. The Morgan fingerprint density at radius 1 is 1.10 bits per heavy atom. The molecule has 0 radical (unpaired) electrons. The van der Waals surface area contributed by atoms with Gasteiger partial charge in [-0.2, -0.15) is 18.3 Å². The van der Waals surface area contributed by atoms with Crippen LogP contribution in [0.15, 0.2) is 47.3 Å². The fraction of sp³-hybridized carbons (Fsp3) is 0.333. The zero-order valence-electron chi connectivity index (χ0n) is 16.3. The van der Waals surface area contributed by atoms with Gasteiger partial charge in [0, 0.05) is 13.1 Å². The summed E-state index contributed by atoms with van der Waals surface area (Å²) in [6.45, 7) is -0.374. The monoisotopic (exact) mass is 423 g/mol. The predicted octanol–water partition coefficient (Wildman–Crippen LogP) is 4.79. The molecule has 2 aromatic carbocycles. The zero-order valence-corrected chi connectivity index (χ0v) is 16.3. The first-order valence-corrected chi connectivity index (χ1v) is 9.39. The molecule has 30 heavy (non-hydrogen) atoms. The largest absolute Gasteiger partial charge is 0.494 e. The van der Waals surface area contributed by atoms with Gasteiger partial charge in [-0.05, 0) is 36.6 Å². The van der Waals surface area contributed by atoms with Gasteiger partial charge in [-0.3, -0.25) is 13.9 Å². The van der Waals surface area contributed by atoms with Crippen molar-refractivity contribution in [3.05, 3.63) is 63.8 Å². The van der Waals surface area contributed by atoms with Crippen LogP contribution < -0.4 is 15.5 Å². The molecule has 0 saturated heterocycles. The van der Waals surface area contributed by atoms with Gasteiger partial charge in [0.05, 0.1) is 24.7 Å². The van der Waals surface area contributed by atoms with E-state index in [1.54, 1.807) is 18.2 Å². The second-order valence-electron chi connectivity index (χ2n) is 6.66. The Kier molecular flexibility index (Phi) is 6.59. The van der Waals surface area contributed by atoms with Crippen molar-refractivity contribution < 1.29 is 22.3 Å². The third kappa shape index (κ3) is 4.55. The van der Waals surface area contributed by atoms with Gasteiger partial charge in [-0.15, -0.1) is 0 Å². The Labute approximate surface area is 170 Å². The fourth-order valence-electron chi connectivity index (χ4n) is 3.24. The molecule has 0 aliphatic carbocycles. The van der Waals surface area contributed by atoms with Crippen molar-refractivity contribution in [1.82, 2.24) is 9.78 Å². The number of alkyl halides is 4. The highest BCUT2D eigenvalue weighted by atomic mass is 19.4. The lowest BCUT2D eigenvalue weighted by Crippen LogP contribution is -2.21. The van der Waals surface area contributed by atoms with Gasteiger partial charge in [0.25, 0.3) is 0 Å². The number of aryl methyl sites for hydroxylation is 1. The Morgan fingerprint density at radius 2 is 1.87 bits per heavy atom. The first-order chi connectivity index (χ1) is 14.4. The minimum absolute atomic E-state index is 0.000850. The van der Waals surface area contributed by atoms with Gasteiger partial charge in [0.2, 0.25) is 5.43 Å². The maximum absolute atomic E-state index is 13.2. The number of halogens is 4. The molecule has 0 unspecified atom stereocenters. The van der Waals surface area contributed by atoms with E-state index >= 15 is 0 Å².